The third-order valence-corrected chi connectivity index (χ3v) is 4.55. The monoisotopic (exact) mass is 401 g/mol. The Morgan fingerprint density at radius 2 is 1.67 bits per heavy atom. The van der Waals surface area contributed by atoms with Crippen LogP contribution < -0.4 is 10.9 Å². The lowest BCUT2D eigenvalue weighted by atomic mass is 10.1. The summed E-state index contributed by atoms with van der Waals surface area (Å²) in [7, 11) is 0. The highest BCUT2D eigenvalue weighted by Crippen LogP contribution is 2.16. The predicted molar refractivity (Wildman–Crippen MR) is 110 cm³/mol. The number of amides is 1. The molecule has 2 aromatic carbocycles. The summed E-state index contributed by atoms with van der Waals surface area (Å²) < 4.78 is 6.36. The summed E-state index contributed by atoms with van der Waals surface area (Å²) in [4.78, 5) is 29.1. The molecule has 0 aliphatic rings. The van der Waals surface area contributed by atoms with E-state index < -0.39 is 6.04 Å². The average molecular weight is 401 g/mol. The van der Waals surface area contributed by atoms with Gasteiger partial charge in [-0.05, 0) is 13.0 Å². The number of rotatable bonds is 6. The second-order valence-electron chi connectivity index (χ2n) is 6.64. The fourth-order valence-corrected chi connectivity index (χ4v) is 2.92. The van der Waals surface area contributed by atoms with Crippen molar-refractivity contribution in [3.8, 4) is 22.6 Å². The van der Waals surface area contributed by atoms with Gasteiger partial charge in [-0.15, -0.1) is 0 Å². The van der Waals surface area contributed by atoms with E-state index in [1.165, 1.54) is 10.7 Å². The number of hydrogen-bond donors (Lipinski definition) is 1. The number of nitrogens with one attached hydrogen (secondary N) is 1. The summed E-state index contributed by atoms with van der Waals surface area (Å²) in [5, 5.41) is 11.0. The van der Waals surface area contributed by atoms with Crippen LogP contribution in [0.2, 0.25) is 0 Å². The summed E-state index contributed by atoms with van der Waals surface area (Å²) >= 11 is 0. The third-order valence-electron chi connectivity index (χ3n) is 4.55. The van der Waals surface area contributed by atoms with Crippen molar-refractivity contribution >= 4 is 5.91 Å². The van der Waals surface area contributed by atoms with Gasteiger partial charge < -0.3 is 9.84 Å². The minimum Gasteiger partial charge on any atom is -0.345 e. The van der Waals surface area contributed by atoms with E-state index in [4.69, 9.17) is 4.52 Å². The zero-order valence-electron chi connectivity index (χ0n) is 16.2. The second-order valence-corrected chi connectivity index (χ2v) is 6.64. The van der Waals surface area contributed by atoms with Gasteiger partial charge in [0, 0.05) is 17.2 Å². The van der Waals surface area contributed by atoms with Gasteiger partial charge >= 0.3 is 0 Å². The van der Waals surface area contributed by atoms with Gasteiger partial charge in [-0.25, -0.2) is 4.68 Å². The molecule has 4 rings (SSSR count). The maximum Gasteiger partial charge on any atom is 0.267 e. The van der Waals surface area contributed by atoms with Crippen LogP contribution in [-0.4, -0.2) is 25.8 Å². The molecule has 1 atom stereocenters. The number of carbonyl (C=O) groups is 1. The van der Waals surface area contributed by atoms with Gasteiger partial charge in [0.2, 0.25) is 17.6 Å². The maximum absolute atomic E-state index is 12.6. The molecule has 30 heavy (non-hydrogen) atoms. The van der Waals surface area contributed by atoms with Crippen LogP contribution in [0.4, 0.5) is 0 Å². The van der Waals surface area contributed by atoms with E-state index in [-0.39, 0.29) is 23.9 Å². The third kappa shape index (κ3) is 4.17. The first-order chi connectivity index (χ1) is 14.6. The minimum absolute atomic E-state index is 0.0517. The molecule has 0 fully saturated rings. The SMILES string of the molecule is CC(C(=O)NCc1nc(-c2ccccc2)no1)n1nc(-c2ccccc2)ccc1=O. The van der Waals surface area contributed by atoms with Crippen molar-refractivity contribution in [2.24, 2.45) is 0 Å². The number of nitrogens with zero attached hydrogens (tertiary/aromatic N) is 4. The van der Waals surface area contributed by atoms with Gasteiger partial charge in [-0.1, -0.05) is 65.8 Å². The molecule has 150 valence electrons. The molecule has 0 aliphatic carbocycles. The molecule has 1 amide bonds. The Morgan fingerprint density at radius 3 is 2.37 bits per heavy atom. The Labute approximate surface area is 172 Å². The Balaban J connectivity index is 1.46. The van der Waals surface area contributed by atoms with Crippen molar-refractivity contribution in [2.75, 3.05) is 0 Å². The van der Waals surface area contributed by atoms with Crippen molar-refractivity contribution in [3.05, 3.63) is 89.0 Å². The topological polar surface area (TPSA) is 103 Å². The van der Waals surface area contributed by atoms with Gasteiger partial charge in [0.1, 0.15) is 6.04 Å². The predicted octanol–water partition coefficient (Wildman–Crippen LogP) is 2.84. The van der Waals surface area contributed by atoms with Gasteiger partial charge in [-0.3, -0.25) is 9.59 Å². The largest absolute Gasteiger partial charge is 0.345 e. The summed E-state index contributed by atoms with van der Waals surface area (Å²) in [6, 6.07) is 21.1. The van der Waals surface area contributed by atoms with Gasteiger partial charge in [0.05, 0.1) is 12.2 Å². The summed E-state index contributed by atoms with van der Waals surface area (Å²) in [5.74, 6) is 0.336. The van der Waals surface area contributed by atoms with Crippen LogP contribution in [0.5, 0.6) is 0 Å². The quantitative estimate of drug-likeness (QED) is 0.533. The first-order valence-electron chi connectivity index (χ1n) is 9.43. The van der Waals surface area contributed by atoms with Crippen LogP contribution in [0.1, 0.15) is 18.9 Å². The number of hydrogen-bond acceptors (Lipinski definition) is 6. The molecule has 4 aromatic rings. The Morgan fingerprint density at radius 1 is 1.00 bits per heavy atom. The van der Waals surface area contributed by atoms with Gasteiger partial charge in [-0.2, -0.15) is 10.1 Å². The first kappa shape index (κ1) is 19.3. The zero-order chi connectivity index (χ0) is 20.9. The lowest BCUT2D eigenvalue weighted by molar-refractivity contribution is -0.124. The summed E-state index contributed by atoms with van der Waals surface area (Å²) in [5.41, 5.74) is 1.93. The molecule has 0 saturated heterocycles. The molecule has 1 N–H and O–H groups in total. The zero-order valence-corrected chi connectivity index (χ0v) is 16.2. The van der Waals surface area contributed by atoms with Crippen LogP contribution in [0.15, 0.2) is 82.1 Å². The molecule has 8 heteroatoms. The number of aromatic nitrogens is 4. The van der Waals surface area contributed by atoms with E-state index >= 15 is 0 Å². The first-order valence-corrected chi connectivity index (χ1v) is 9.43. The van der Waals surface area contributed by atoms with Crippen molar-refractivity contribution in [3.63, 3.8) is 0 Å². The lowest BCUT2D eigenvalue weighted by Crippen LogP contribution is -2.36. The van der Waals surface area contributed by atoms with E-state index in [2.05, 4.69) is 20.6 Å². The maximum atomic E-state index is 12.6. The molecule has 0 radical (unpaired) electrons. The Kier molecular flexibility index (Phi) is 5.47. The average Bonchev–Trinajstić information content (AvgIpc) is 3.28. The molecule has 2 aromatic heterocycles. The molecule has 2 heterocycles. The normalized spacial score (nSPS) is 11.8. The highest BCUT2D eigenvalue weighted by Gasteiger charge is 2.19. The van der Waals surface area contributed by atoms with Gasteiger partial charge in [0.15, 0.2) is 0 Å². The minimum atomic E-state index is -0.808. The second kappa shape index (κ2) is 8.52. The van der Waals surface area contributed by atoms with Crippen LogP contribution in [0, 0.1) is 0 Å². The molecule has 0 spiro atoms. The van der Waals surface area contributed by atoms with Crippen LogP contribution >= 0.6 is 0 Å². The van der Waals surface area contributed by atoms with E-state index in [0.717, 1.165) is 11.1 Å². The molecule has 1 unspecified atom stereocenters. The molecule has 0 aliphatic heterocycles. The highest BCUT2D eigenvalue weighted by atomic mass is 16.5. The van der Waals surface area contributed by atoms with E-state index in [1.54, 1.807) is 13.0 Å². The molecular weight excluding hydrogens is 382 g/mol. The van der Waals surface area contributed by atoms with Gasteiger partial charge in [0.25, 0.3) is 5.56 Å². The lowest BCUT2D eigenvalue weighted by Gasteiger charge is -2.14. The van der Waals surface area contributed by atoms with Crippen molar-refractivity contribution in [2.45, 2.75) is 19.5 Å². The fourth-order valence-electron chi connectivity index (χ4n) is 2.92. The van der Waals surface area contributed by atoms with Crippen LogP contribution in [0.3, 0.4) is 0 Å². The number of carbonyl (C=O) groups excluding carboxylic acids is 1. The standard InChI is InChI=1S/C22H19N5O3/c1-15(27-20(28)13-12-18(25-27)16-8-4-2-5-9-16)22(29)23-14-19-24-21(26-30-19)17-10-6-3-7-11-17/h2-13,15H,14H2,1H3,(H,23,29). The van der Waals surface area contributed by atoms with Crippen molar-refractivity contribution in [1.82, 2.24) is 25.2 Å². The van der Waals surface area contributed by atoms with Crippen molar-refractivity contribution < 1.29 is 9.32 Å². The summed E-state index contributed by atoms with van der Waals surface area (Å²) in [6.07, 6.45) is 0. The smallest absolute Gasteiger partial charge is 0.267 e. The van der Waals surface area contributed by atoms with E-state index in [9.17, 15) is 9.59 Å². The number of benzene rings is 2. The highest BCUT2D eigenvalue weighted by molar-refractivity contribution is 5.79. The fraction of sp³-hybridized carbons (Fsp3) is 0.136. The van der Waals surface area contributed by atoms with E-state index in [0.29, 0.717) is 11.5 Å². The molecule has 0 bridgehead atoms. The summed E-state index contributed by atoms with van der Waals surface area (Å²) in [6.45, 7) is 1.66. The van der Waals surface area contributed by atoms with Crippen molar-refractivity contribution in [1.29, 1.82) is 0 Å². The molecule has 8 nitrogen and oxygen atoms in total. The Hall–Kier alpha value is -4.07. The molecular formula is C22H19N5O3. The van der Waals surface area contributed by atoms with Crippen LogP contribution in [0.25, 0.3) is 22.6 Å². The van der Waals surface area contributed by atoms with E-state index in [1.807, 2.05) is 60.7 Å². The Bertz CT molecular complexity index is 1200. The molecule has 0 saturated carbocycles. The van der Waals surface area contributed by atoms with Crippen LogP contribution in [-0.2, 0) is 11.3 Å².